The predicted molar refractivity (Wildman–Crippen MR) is 86.0 cm³/mol. The van der Waals surface area contributed by atoms with Crippen molar-refractivity contribution in [1.29, 1.82) is 0 Å². The minimum atomic E-state index is -0.440. The summed E-state index contributed by atoms with van der Waals surface area (Å²) in [6, 6.07) is 17.7. The van der Waals surface area contributed by atoms with Crippen molar-refractivity contribution in [3.8, 4) is 11.1 Å². The molecule has 1 unspecified atom stereocenters. The second-order valence-corrected chi connectivity index (χ2v) is 5.64. The van der Waals surface area contributed by atoms with Crippen molar-refractivity contribution in [2.24, 2.45) is 0 Å². The molecule has 2 aromatic carbocycles. The molecular formula is C19H15FN2. The third kappa shape index (κ3) is 1.98. The molecular weight excluding hydrogens is 275 g/mol. The molecule has 3 aromatic rings. The largest absolute Gasteiger partial charge is 0.398 e. The Kier molecular flexibility index (Phi) is 2.93. The Bertz CT molecular complexity index is 858. The van der Waals surface area contributed by atoms with Gasteiger partial charge in [-0.05, 0) is 52.4 Å². The smallest absolute Gasteiger partial charge is 0.213 e. The summed E-state index contributed by atoms with van der Waals surface area (Å²) in [5.74, 6) is -0.278. The van der Waals surface area contributed by atoms with E-state index >= 15 is 0 Å². The Morgan fingerprint density at radius 2 is 1.82 bits per heavy atom. The average Bonchev–Trinajstić information content (AvgIpc) is 2.84. The van der Waals surface area contributed by atoms with Crippen molar-refractivity contribution in [2.45, 2.75) is 12.3 Å². The first-order valence-corrected chi connectivity index (χ1v) is 7.32. The van der Waals surface area contributed by atoms with E-state index in [9.17, 15) is 4.39 Å². The topological polar surface area (TPSA) is 38.9 Å². The fourth-order valence-corrected chi connectivity index (χ4v) is 3.43. The highest BCUT2D eigenvalue weighted by Gasteiger charge is 2.30. The maximum absolute atomic E-state index is 13.4. The van der Waals surface area contributed by atoms with Gasteiger partial charge in [0, 0.05) is 17.8 Å². The number of nitrogens with two attached hydrogens (primary N) is 1. The zero-order valence-corrected chi connectivity index (χ0v) is 12.0. The first-order chi connectivity index (χ1) is 10.7. The van der Waals surface area contributed by atoms with Gasteiger partial charge < -0.3 is 5.73 Å². The lowest BCUT2D eigenvalue weighted by Crippen LogP contribution is -2.05. The second-order valence-electron chi connectivity index (χ2n) is 5.64. The lowest BCUT2D eigenvalue weighted by molar-refractivity contribution is 0.580. The van der Waals surface area contributed by atoms with Crippen LogP contribution in [-0.4, -0.2) is 4.98 Å². The Hall–Kier alpha value is -2.68. The molecule has 108 valence electrons. The first-order valence-electron chi connectivity index (χ1n) is 7.32. The van der Waals surface area contributed by atoms with Gasteiger partial charge in [0.15, 0.2) is 0 Å². The van der Waals surface area contributed by atoms with Crippen molar-refractivity contribution in [2.75, 3.05) is 5.73 Å². The summed E-state index contributed by atoms with van der Waals surface area (Å²) in [7, 11) is 0. The molecule has 0 saturated carbocycles. The predicted octanol–water partition coefficient (Wildman–Crippen LogP) is 4.16. The van der Waals surface area contributed by atoms with Crippen molar-refractivity contribution in [1.82, 2.24) is 4.98 Å². The molecule has 3 heteroatoms. The summed E-state index contributed by atoms with van der Waals surface area (Å²) < 4.78 is 13.4. The van der Waals surface area contributed by atoms with Crippen molar-refractivity contribution in [3.05, 3.63) is 83.4 Å². The molecule has 0 spiro atoms. The summed E-state index contributed by atoms with van der Waals surface area (Å²) in [6.07, 6.45) is 2.23. The Morgan fingerprint density at radius 3 is 2.68 bits per heavy atom. The third-order valence-electron chi connectivity index (χ3n) is 4.35. The summed E-state index contributed by atoms with van der Waals surface area (Å²) in [6.45, 7) is 0. The van der Waals surface area contributed by atoms with Gasteiger partial charge in [-0.15, -0.1) is 0 Å². The zero-order chi connectivity index (χ0) is 15.1. The van der Waals surface area contributed by atoms with Crippen LogP contribution >= 0.6 is 0 Å². The minimum absolute atomic E-state index is 0.161. The molecule has 0 aliphatic heterocycles. The molecule has 1 aromatic heterocycles. The van der Waals surface area contributed by atoms with E-state index in [1.807, 2.05) is 30.3 Å². The molecule has 4 rings (SSSR count). The minimum Gasteiger partial charge on any atom is -0.398 e. The number of nitrogens with zero attached hydrogens (tertiary/aromatic N) is 1. The van der Waals surface area contributed by atoms with E-state index in [4.69, 9.17) is 5.73 Å². The number of aromatic nitrogens is 1. The van der Waals surface area contributed by atoms with E-state index < -0.39 is 5.95 Å². The molecule has 1 heterocycles. The highest BCUT2D eigenvalue weighted by molar-refractivity contribution is 5.83. The van der Waals surface area contributed by atoms with Crippen LogP contribution in [0.4, 0.5) is 10.1 Å². The highest BCUT2D eigenvalue weighted by atomic mass is 19.1. The van der Waals surface area contributed by atoms with E-state index in [1.165, 1.54) is 29.0 Å². The van der Waals surface area contributed by atoms with Gasteiger partial charge in [0.1, 0.15) is 0 Å². The maximum Gasteiger partial charge on any atom is 0.213 e. The standard InChI is InChI=1S/C19H15FN2/c20-18-11-12(8-9-22-18)10-16-14-5-2-1-4-13(14)15-6-3-7-17(21)19(15)16/h1-9,11,16H,10,21H2. The Balaban J connectivity index is 1.86. The van der Waals surface area contributed by atoms with Crippen LogP contribution in [0.15, 0.2) is 60.8 Å². The Labute approximate surface area is 128 Å². The fourth-order valence-electron chi connectivity index (χ4n) is 3.43. The zero-order valence-electron chi connectivity index (χ0n) is 12.0. The van der Waals surface area contributed by atoms with E-state index in [1.54, 1.807) is 0 Å². The van der Waals surface area contributed by atoms with E-state index in [0.717, 1.165) is 23.2 Å². The van der Waals surface area contributed by atoms with Gasteiger partial charge >= 0.3 is 0 Å². The number of rotatable bonds is 2. The molecule has 0 radical (unpaired) electrons. The second kappa shape index (κ2) is 4.95. The van der Waals surface area contributed by atoms with Crippen molar-refractivity contribution < 1.29 is 4.39 Å². The molecule has 2 N–H and O–H groups in total. The molecule has 2 nitrogen and oxygen atoms in total. The fraction of sp³-hybridized carbons (Fsp3) is 0.105. The number of anilines is 1. The Morgan fingerprint density at radius 1 is 1.00 bits per heavy atom. The summed E-state index contributed by atoms with van der Waals surface area (Å²) >= 11 is 0. The number of fused-ring (bicyclic) bond motifs is 3. The molecule has 22 heavy (non-hydrogen) atoms. The lowest BCUT2D eigenvalue weighted by atomic mass is 9.89. The molecule has 1 aliphatic carbocycles. The maximum atomic E-state index is 13.4. The van der Waals surface area contributed by atoms with Gasteiger partial charge in [0.25, 0.3) is 0 Å². The first kappa shape index (κ1) is 13.0. The number of halogens is 1. The molecule has 0 fully saturated rings. The number of pyridine rings is 1. The van der Waals surface area contributed by atoms with Crippen molar-refractivity contribution in [3.63, 3.8) is 0 Å². The van der Waals surface area contributed by atoms with Crippen LogP contribution in [-0.2, 0) is 6.42 Å². The van der Waals surface area contributed by atoms with Gasteiger partial charge in [-0.3, -0.25) is 0 Å². The van der Waals surface area contributed by atoms with E-state index in [2.05, 4.69) is 23.2 Å². The van der Waals surface area contributed by atoms with Crippen LogP contribution in [0.1, 0.15) is 22.6 Å². The third-order valence-corrected chi connectivity index (χ3v) is 4.35. The van der Waals surface area contributed by atoms with Crippen LogP contribution in [0.5, 0.6) is 0 Å². The molecule has 1 aliphatic rings. The molecule has 0 saturated heterocycles. The van der Waals surface area contributed by atoms with Crippen molar-refractivity contribution >= 4 is 5.69 Å². The quantitative estimate of drug-likeness (QED) is 0.568. The molecule has 1 atom stereocenters. The van der Waals surface area contributed by atoms with E-state index in [0.29, 0.717) is 0 Å². The number of benzene rings is 2. The monoisotopic (exact) mass is 290 g/mol. The normalized spacial score (nSPS) is 15.4. The lowest BCUT2D eigenvalue weighted by Gasteiger charge is -2.15. The van der Waals surface area contributed by atoms with Gasteiger partial charge in [-0.2, -0.15) is 4.39 Å². The van der Waals surface area contributed by atoms with Crippen LogP contribution in [0.2, 0.25) is 0 Å². The van der Waals surface area contributed by atoms with Crippen LogP contribution < -0.4 is 5.73 Å². The SMILES string of the molecule is Nc1cccc2c1C(Cc1ccnc(F)c1)c1ccccc1-2. The van der Waals surface area contributed by atoms with Gasteiger partial charge in [0.05, 0.1) is 0 Å². The number of hydrogen-bond donors (Lipinski definition) is 1. The van der Waals surface area contributed by atoms with E-state index in [-0.39, 0.29) is 5.92 Å². The van der Waals surface area contributed by atoms with Crippen LogP contribution in [0, 0.1) is 5.95 Å². The van der Waals surface area contributed by atoms with Gasteiger partial charge in [-0.25, -0.2) is 4.98 Å². The van der Waals surface area contributed by atoms with Crippen LogP contribution in [0.3, 0.4) is 0 Å². The van der Waals surface area contributed by atoms with Crippen LogP contribution in [0.25, 0.3) is 11.1 Å². The summed E-state index contributed by atoms with van der Waals surface area (Å²) in [4.78, 5) is 3.63. The van der Waals surface area contributed by atoms with Gasteiger partial charge in [-0.1, -0.05) is 36.4 Å². The highest BCUT2D eigenvalue weighted by Crippen LogP contribution is 2.48. The summed E-state index contributed by atoms with van der Waals surface area (Å²) in [5, 5.41) is 0. The molecule has 0 amide bonds. The number of hydrogen-bond acceptors (Lipinski definition) is 2. The number of nitrogen functional groups attached to an aromatic ring is 1. The average molecular weight is 290 g/mol. The summed E-state index contributed by atoms with van der Waals surface area (Å²) in [5.41, 5.74) is 12.8. The van der Waals surface area contributed by atoms with Gasteiger partial charge in [0.2, 0.25) is 5.95 Å². The molecule has 0 bridgehead atoms.